The molecule has 3 nitrogen and oxygen atoms in total. The second-order valence-corrected chi connectivity index (χ2v) is 3.24. The predicted octanol–water partition coefficient (Wildman–Crippen LogP) is 1.22. The number of hydrazone groups is 1. The van der Waals surface area contributed by atoms with Crippen LogP contribution in [-0.4, -0.2) is 5.84 Å². The van der Waals surface area contributed by atoms with E-state index in [2.05, 4.69) is 21.0 Å². The fourth-order valence-corrected chi connectivity index (χ4v) is 1.31. The Kier molecular flexibility index (Phi) is 3.10. The molecule has 12 heavy (non-hydrogen) atoms. The van der Waals surface area contributed by atoms with Crippen molar-refractivity contribution in [3.63, 3.8) is 0 Å². The number of hydrogen-bond acceptors (Lipinski definition) is 2. The summed E-state index contributed by atoms with van der Waals surface area (Å²) in [7, 11) is 0. The zero-order valence-corrected chi connectivity index (χ0v) is 8.08. The number of amidine groups is 1. The van der Waals surface area contributed by atoms with Crippen LogP contribution in [-0.2, 0) is 6.42 Å². The molecule has 0 aliphatic heterocycles. The minimum atomic E-state index is 0.432. The zero-order valence-electron chi connectivity index (χ0n) is 6.50. The molecule has 0 saturated heterocycles. The van der Waals surface area contributed by atoms with E-state index in [0.717, 1.165) is 10.0 Å². The molecule has 4 N–H and O–H groups in total. The topological polar surface area (TPSA) is 64.4 Å². The average molecular weight is 228 g/mol. The lowest BCUT2D eigenvalue weighted by Crippen LogP contribution is -2.17. The molecule has 0 radical (unpaired) electrons. The lowest BCUT2D eigenvalue weighted by atomic mass is 10.1. The van der Waals surface area contributed by atoms with Gasteiger partial charge in [-0.2, -0.15) is 5.10 Å². The summed E-state index contributed by atoms with van der Waals surface area (Å²) in [4.78, 5) is 0. The molecule has 0 fully saturated rings. The summed E-state index contributed by atoms with van der Waals surface area (Å²) in [6.07, 6.45) is 0.581. The van der Waals surface area contributed by atoms with E-state index < -0.39 is 0 Å². The van der Waals surface area contributed by atoms with Crippen molar-refractivity contribution in [1.82, 2.24) is 0 Å². The third-order valence-electron chi connectivity index (χ3n) is 1.50. The van der Waals surface area contributed by atoms with Gasteiger partial charge in [0.2, 0.25) is 0 Å². The first-order valence-electron chi connectivity index (χ1n) is 3.49. The van der Waals surface area contributed by atoms with E-state index in [9.17, 15) is 0 Å². The maximum atomic E-state index is 5.48. The van der Waals surface area contributed by atoms with Gasteiger partial charge in [-0.1, -0.05) is 34.1 Å². The van der Waals surface area contributed by atoms with Crippen LogP contribution < -0.4 is 11.6 Å². The summed E-state index contributed by atoms with van der Waals surface area (Å²) in [5.74, 6) is 5.45. The van der Waals surface area contributed by atoms with Gasteiger partial charge in [-0.3, -0.25) is 0 Å². The van der Waals surface area contributed by atoms with Crippen molar-refractivity contribution < 1.29 is 0 Å². The van der Waals surface area contributed by atoms with Crippen molar-refractivity contribution in [2.24, 2.45) is 16.7 Å². The fraction of sp³-hybridized carbons (Fsp3) is 0.125. The molecular weight excluding hydrogens is 218 g/mol. The van der Waals surface area contributed by atoms with Gasteiger partial charge in [-0.15, -0.1) is 0 Å². The van der Waals surface area contributed by atoms with E-state index in [1.165, 1.54) is 0 Å². The Morgan fingerprint density at radius 2 is 2.08 bits per heavy atom. The molecule has 1 rings (SSSR count). The van der Waals surface area contributed by atoms with E-state index in [1.54, 1.807) is 0 Å². The third-order valence-corrected chi connectivity index (χ3v) is 2.27. The van der Waals surface area contributed by atoms with Gasteiger partial charge in [0.1, 0.15) is 5.84 Å². The Morgan fingerprint density at radius 1 is 1.42 bits per heavy atom. The number of benzene rings is 1. The van der Waals surface area contributed by atoms with Crippen LogP contribution in [0, 0.1) is 0 Å². The van der Waals surface area contributed by atoms with Gasteiger partial charge < -0.3 is 11.6 Å². The van der Waals surface area contributed by atoms with Gasteiger partial charge in [-0.05, 0) is 11.6 Å². The number of nitrogens with zero attached hydrogens (tertiary/aromatic N) is 1. The Labute approximate surface area is 79.6 Å². The number of halogens is 1. The van der Waals surface area contributed by atoms with Crippen LogP contribution in [0.5, 0.6) is 0 Å². The Balaban J connectivity index is 2.82. The average Bonchev–Trinajstić information content (AvgIpc) is 2.09. The standard InChI is InChI=1S/C8H10BrN3/c9-7-4-2-1-3-6(7)5-8(10)12-11/h1-4H,5,11H2,(H2,10,12). The number of nitrogens with two attached hydrogens (primary N) is 2. The largest absolute Gasteiger partial charge is 0.385 e. The van der Waals surface area contributed by atoms with Crippen molar-refractivity contribution in [3.8, 4) is 0 Å². The van der Waals surface area contributed by atoms with Crippen LogP contribution in [0.15, 0.2) is 33.8 Å². The normalized spacial score (nSPS) is 11.6. The highest BCUT2D eigenvalue weighted by Gasteiger charge is 1.99. The van der Waals surface area contributed by atoms with Crippen molar-refractivity contribution in [2.45, 2.75) is 6.42 Å². The summed E-state index contributed by atoms with van der Waals surface area (Å²) in [6.45, 7) is 0. The molecular formula is C8H10BrN3. The highest BCUT2D eigenvalue weighted by molar-refractivity contribution is 9.10. The van der Waals surface area contributed by atoms with Crippen LogP contribution in [0.2, 0.25) is 0 Å². The molecule has 4 heteroatoms. The molecule has 0 spiro atoms. The Bertz CT molecular complexity index is 296. The minimum Gasteiger partial charge on any atom is -0.385 e. The smallest absolute Gasteiger partial charge is 0.123 e. The molecule has 0 aliphatic rings. The van der Waals surface area contributed by atoms with E-state index in [1.807, 2.05) is 24.3 Å². The molecule has 0 aromatic heterocycles. The first-order chi connectivity index (χ1) is 5.74. The second kappa shape index (κ2) is 4.11. The van der Waals surface area contributed by atoms with E-state index >= 15 is 0 Å². The Morgan fingerprint density at radius 3 is 2.67 bits per heavy atom. The summed E-state index contributed by atoms with van der Waals surface area (Å²) in [5, 5.41) is 3.40. The molecule has 64 valence electrons. The molecule has 0 unspecified atom stereocenters. The SMILES string of the molecule is NN=C(N)Cc1ccccc1Br. The number of hydrogen-bond donors (Lipinski definition) is 2. The summed E-state index contributed by atoms with van der Waals surface area (Å²) in [5.41, 5.74) is 6.57. The molecule has 1 aromatic rings. The van der Waals surface area contributed by atoms with Crippen molar-refractivity contribution in [1.29, 1.82) is 0 Å². The summed E-state index contributed by atoms with van der Waals surface area (Å²) < 4.78 is 1.02. The zero-order chi connectivity index (χ0) is 8.97. The summed E-state index contributed by atoms with van der Waals surface area (Å²) in [6, 6.07) is 7.83. The lowest BCUT2D eigenvalue weighted by Gasteiger charge is -2.01. The van der Waals surface area contributed by atoms with Crippen LogP contribution in [0.3, 0.4) is 0 Å². The lowest BCUT2D eigenvalue weighted by molar-refractivity contribution is 1.17. The van der Waals surface area contributed by atoms with Crippen molar-refractivity contribution >= 4 is 21.8 Å². The van der Waals surface area contributed by atoms with Crippen molar-refractivity contribution in [3.05, 3.63) is 34.3 Å². The van der Waals surface area contributed by atoms with Gasteiger partial charge >= 0.3 is 0 Å². The van der Waals surface area contributed by atoms with Crippen LogP contribution >= 0.6 is 15.9 Å². The fourth-order valence-electron chi connectivity index (χ4n) is 0.883. The van der Waals surface area contributed by atoms with E-state index in [0.29, 0.717) is 12.3 Å². The second-order valence-electron chi connectivity index (χ2n) is 2.39. The minimum absolute atomic E-state index is 0.432. The first-order valence-corrected chi connectivity index (χ1v) is 4.29. The first kappa shape index (κ1) is 9.06. The molecule has 0 heterocycles. The number of rotatable bonds is 2. The van der Waals surface area contributed by atoms with Crippen molar-refractivity contribution in [2.75, 3.05) is 0 Å². The van der Waals surface area contributed by atoms with Crippen LogP contribution in [0.25, 0.3) is 0 Å². The highest BCUT2D eigenvalue weighted by Crippen LogP contribution is 2.15. The van der Waals surface area contributed by atoms with Crippen LogP contribution in [0.4, 0.5) is 0 Å². The molecule has 0 bridgehead atoms. The maximum Gasteiger partial charge on any atom is 0.123 e. The third kappa shape index (κ3) is 2.23. The quantitative estimate of drug-likeness (QED) is 0.346. The van der Waals surface area contributed by atoms with Gasteiger partial charge in [0.25, 0.3) is 0 Å². The molecule has 0 saturated carbocycles. The Hall–Kier alpha value is -1.03. The molecule has 0 atom stereocenters. The van der Waals surface area contributed by atoms with Gasteiger partial charge in [0, 0.05) is 10.9 Å². The van der Waals surface area contributed by atoms with E-state index in [-0.39, 0.29) is 0 Å². The molecule has 0 aliphatic carbocycles. The van der Waals surface area contributed by atoms with Gasteiger partial charge in [-0.25, -0.2) is 0 Å². The molecule has 1 aromatic carbocycles. The highest BCUT2D eigenvalue weighted by atomic mass is 79.9. The van der Waals surface area contributed by atoms with Gasteiger partial charge in [0.15, 0.2) is 0 Å². The predicted molar refractivity (Wildman–Crippen MR) is 53.7 cm³/mol. The molecule has 0 amide bonds. The maximum absolute atomic E-state index is 5.48. The van der Waals surface area contributed by atoms with Gasteiger partial charge in [0.05, 0.1) is 0 Å². The monoisotopic (exact) mass is 227 g/mol. The summed E-state index contributed by atoms with van der Waals surface area (Å²) >= 11 is 3.40. The van der Waals surface area contributed by atoms with E-state index in [4.69, 9.17) is 11.6 Å². The van der Waals surface area contributed by atoms with Crippen LogP contribution in [0.1, 0.15) is 5.56 Å².